The van der Waals surface area contributed by atoms with E-state index in [2.05, 4.69) is 15.9 Å². The molecule has 2 N–H and O–H groups in total. The predicted molar refractivity (Wildman–Crippen MR) is 85.2 cm³/mol. The van der Waals surface area contributed by atoms with Crippen LogP contribution in [-0.4, -0.2) is 28.5 Å². The standard InChI is InChI=1S/C14H11BrN2O3S/c15-10-6-4-9(5-7-10)2-1-3-11-13(19)17(8-12(16)18)14(20)21-11/h1-7H,8H2,(H2,16,18)/b2-1+,11-3-. The topological polar surface area (TPSA) is 80.5 Å². The van der Waals surface area contributed by atoms with Gasteiger partial charge in [-0.25, -0.2) is 0 Å². The zero-order valence-electron chi connectivity index (χ0n) is 10.8. The van der Waals surface area contributed by atoms with E-state index in [-0.39, 0.29) is 4.91 Å². The molecule has 0 unspecified atom stereocenters. The Balaban J connectivity index is 2.08. The number of hydrogen-bond acceptors (Lipinski definition) is 4. The number of nitrogens with two attached hydrogens (primary N) is 1. The number of nitrogens with zero attached hydrogens (tertiary/aromatic N) is 1. The summed E-state index contributed by atoms with van der Waals surface area (Å²) >= 11 is 4.14. The van der Waals surface area contributed by atoms with Crippen molar-refractivity contribution in [1.29, 1.82) is 0 Å². The van der Waals surface area contributed by atoms with Crippen LogP contribution in [0.5, 0.6) is 0 Å². The van der Waals surface area contributed by atoms with Crippen molar-refractivity contribution >= 4 is 50.8 Å². The summed E-state index contributed by atoms with van der Waals surface area (Å²) in [5, 5.41) is -0.484. The van der Waals surface area contributed by atoms with Gasteiger partial charge in [-0.15, -0.1) is 0 Å². The van der Waals surface area contributed by atoms with E-state index in [9.17, 15) is 14.4 Å². The minimum Gasteiger partial charge on any atom is -0.368 e. The number of allylic oxidation sites excluding steroid dienone is 2. The average molecular weight is 367 g/mol. The van der Waals surface area contributed by atoms with Crippen molar-refractivity contribution < 1.29 is 14.4 Å². The SMILES string of the molecule is NC(=O)CN1C(=O)S/C(=C\C=C\c2ccc(Br)cc2)C1=O. The summed E-state index contributed by atoms with van der Waals surface area (Å²) in [6, 6.07) is 7.63. The smallest absolute Gasteiger partial charge is 0.294 e. The molecule has 0 spiro atoms. The molecule has 1 fully saturated rings. The van der Waals surface area contributed by atoms with Gasteiger partial charge in [-0.1, -0.05) is 40.2 Å². The van der Waals surface area contributed by atoms with E-state index in [1.54, 1.807) is 12.2 Å². The number of carbonyl (C=O) groups is 3. The second-order valence-corrected chi connectivity index (χ2v) is 6.08. The van der Waals surface area contributed by atoms with Gasteiger partial charge in [-0.3, -0.25) is 19.3 Å². The molecule has 0 radical (unpaired) electrons. The van der Waals surface area contributed by atoms with Crippen LogP contribution in [0.15, 0.2) is 45.8 Å². The van der Waals surface area contributed by atoms with Gasteiger partial charge in [0.05, 0.1) is 4.91 Å². The van der Waals surface area contributed by atoms with Crippen LogP contribution in [-0.2, 0) is 9.59 Å². The molecule has 5 nitrogen and oxygen atoms in total. The Bertz CT molecular complexity index is 653. The normalized spacial score (nSPS) is 17.2. The zero-order chi connectivity index (χ0) is 15.4. The average Bonchev–Trinajstić information content (AvgIpc) is 2.68. The molecule has 0 aromatic heterocycles. The van der Waals surface area contributed by atoms with E-state index in [1.165, 1.54) is 0 Å². The molecule has 108 valence electrons. The zero-order valence-corrected chi connectivity index (χ0v) is 13.2. The minimum atomic E-state index is -0.719. The molecule has 1 aromatic carbocycles. The Morgan fingerprint density at radius 3 is 2.57 bits per heavy atom. The number of halogens is 1. The molecule has 0 atom stereocenters. The van der Waals surface area contributed by atoms with E-state index >= 15 is 0 Å². The maximum absolute atomic E-state index is 11.9. The second-order valence-electron chi connectivity index (χ2n) is 4.17. The summed E-state index contributed by atoms with van der Waals surface area (Å²) < 4.78 is 0.979. The molecular weight excluding hydrogens is 356 g/mol. The van der Waals surface area contributed by atoms with Crippen LogP contribution >= 0.6 is 27.7 Å². The van der Waals surface area contributed by atoms with Crippen LogP contribution in [0.4, 0.5) is 4.79 Å². The highest BCUT2D eigenvalue weighted by molar-refractivity contribution is 9.10. The minimum absolute atomic E-state index is 0.273. The van der Waals surface area contributed by atoms with Gasteiger partial charge in [0.15, 0.2) is 0 Å². The van der Waals surface area contributed by atoms with E-state index in [1.807, 2.05) is 30.3 Å². The molecule has 1 saturated heterocycles. The van der Waals surface area contributed by atoms with Gasteiger partial charge in [0.2, 0.25) is 5.91 Å². The maximum Gasteiger partial charge on any atom is 0.294 e. The number of carbonyl (C=O) groups excluding carboxylic acids is 3. The molecule has 0 bridgehead atoms. The van der Waals surface area contributed by atoms with Crippen molar-refractivity contribution in [3.63, 3.8) is 0 Å². The van der Waals surface area contributed by atoms with E-state index < -0.39 is 23.6 Å². The lowest BCUT2D eigenvalue weighted by Crippen LogP contribution is -2.36. The number of thioether (sulfide) groups is 1. The van der Waals surface area contributed by atoms with Crippen LogP contribution in [0.2, 0.25) is 0 Å². The van der Waals surface area contributed by atoms with Crippen molar-refractivity contribution in [3.8, 4) is 0 Å². The van der Waals surface area contributed by atoms with Crippen LogP contribution in [0.25, 0.3) is 6.08 Å². The van der Waals surface area contributed by atoms with Gasteiger partial charge in [-0.2, -0.15) is 0 Å². The van der Waals surface area contributed by atoms with Crippen molar-refractivity contribution in [3.05, 3.63) is 51.4 Å². The third kappa shape index (κ3) is 4.05. The predicted octanol–water partition coefficient (Wildman–Crippen LogP) is 2.53. The highest BCUT2D eigenvalue weighted by Crippen LogP contribution is 2.30. The van der Waals surface area contributed by atoms with Crippen LogP contribution < -0.4 is 5.73 Å². The Labute approximate surface area is 134 Å². The molecule has 0 aliphatic carbocycles. The Morgan fingerprint density at radius 2 is 1.95 bits per heavy atom. The van der Waals surface area contributed by atoms with Crippen molar-refractivity contribution in [2.24, 2.45) is 5.73 Å². The highest BCUT2D eigenvalue weighted by Gasteiger charge is 2.35. The van der Waals surface area contributed by atoms with Gasteiger partial charge >= 0.3 is 0 Å². The van der Waals surface area contributed by atoms with Gasteiger partial charge in [-0.05, 0) is 35.5 Å². The van der Waals surface area contributed by atoms with Crippen molar-refractivity contribution in [2.75, 3.05) is 6.54 Å². The van der Waals surface area contributed by atoms with Gasteiger partial charge in [0.25, 0.3) is 11.1 Å². The van der Waals surface area contributed by atoms with Crippen LogP contribution in [0, 0.1) is 0 Å². The fourth-order valence-corrected chi connectivity index (χ4v) is 2.68. The lowest BCUT2D eigenvalue weighted by molar-refractivity contribution is -0.128. The first kappa shape index (κ1) is 15.5. The highest BCUT2D eigenvalue weighted by atomic mass is 79.9. The molecular formula is C14H11BrN2O3S. The lowest BCUT2D eigenvalue weighted by atomic mass is 10.2. The Kier molecular flexibility index (Phi) is 4.98. The first-order valence-electron chi connectivity index (χ1n) is 5.93. The number of amides is 3. The maximum atomic E-state index is 11.9. The van der Waals surface area contributed by atoms with E-state index in [0.717, 1.165) is 26.7 Å². The summed E-state index contributed by atoms with van der Waals surface area (Å²) in [4.78, 5) is 35.4. The van der Waals surface area contributed by atoms with Gasteiger partial charge in [0, 0.05) is 4.47 Å². The Hall–Kier alpha value is -1.86. The molecule has 1 aromatic rings. The fourth-order valence-electron chi connectivity index (χ4n) is 1.63. The quantitative estimate of drug-likeness (QED) is 0.830. The Morgan fingerprint density at radius 1 is 1.29 bits per heavy atom. The van der Waals surface area contributed by atoms with E-state index in [4.69, 9.17) is 5.73 Å². The molecule has 2 rings (SSSR count). The largest absolute Gasteiger partial charge is 0.368 e. The second kappa shape index (κ2) is 6.73. The molecule has 7 heteroatoms. The monoisotopic (exact) mass is 366 g/mol. The molecule has 1 aliphatic rings. The third-order valence-corrected chi connectivity index (χ3v) is 4.05. The lowest BCUT2D eigenvalue weighted by Gasteiger charge is -2.08. The van der Waals surface area contributed by atoms with Gasteiger partial charge < -0.3 is 5.73 Å². The fraction of sp³-hybridized carbons (Fsp3) is 0.0714. The number of hydrogen-bond donors (Lipinski definition) is 1. The summed E-state index contributed by atoms with van der Waals surface area (Å²) in [6.07, 6.45) is 5.05. The molecule has 1 aliphatic heterocycles. The number of imide groups is 1. The molecule has 21 heavy (non-hydrogen) atoms. The molecule has 1 heterocycles. The molecule has 3 amide bonds. The summed E-state index contributed by atoms with van der Waals surface area (Å²) in [5.41, 5.74) is 5.96. The first-order chi connectivity index (χ1) is 9.97. The summed E-state index contributed by atoms with van der Waals surface area (Å²) in [5.74, 6) is -1.21. The first-order valence-corrected chi connectivity index (χ1v) is 7.54. The summed E-state index contributed by atoms with van der Waals surface area (Å²) in [6.45, 7) is -0.390. The van der Waals surface area contributed by atoms with E-state index in [0.29, 0.717) is 0 Å². The third-order valence-electron chi connectivity index (χ3n) is 2.59. The molecule has 0 saturated carbocycles. The number of benzene rings is 1. The number of rotatable bonds is 4. The number of primary amides is 1. The van der Waals surface area contributed by atoms with Crippen LogP contribution in [0.3, 0.4) is 0 Å². The summed E-state index contributed by atoms with van der Waals surface area (Å²) in [7, 11) is 0. The van der Waals surface area contributed by atoms with Crippen LogP contribution in [0.1, 0.15) is 5.56 Å². The van der Waals surface area contributed by atoms with Crippen molar-refractivity contribution in [2.45, 2.75) is 0 Å². The van der Waals surface area contributed by atoms with Gasteiger partial charge in [0.1, 0.15) is 6.54 Å². The van der Waals surface area contributed by atoms with Crippen molar-refractivity contribution in [1.82, 2.24) is 4.90 Å².